The molecule has 0 saturated carbocycles. The minimum absolute atomic E-state index is 0.0253. The first kappa shape index (κ1) is 17.9. The Kier molecular flexibility index (Phi) is 5.13. The molecule has 0 spiro atoms. The Balaban J connectivity index is 1.69. The number of amides is 2. The molecule has 2 aliphatic rings. The molecule has 3 atom stereocenters. The van der Waals surface area contributed by atoms with Crippen molar-refractivity contribution in [2.24, 2.45) is 5.92 Å². The lowest BCUT2D eigenvalue weighted by molar-refractivity contribution is -0.127. The number of carbonyl (C=O) groups excluding carboxylic acids is 2. The summed E-state index contributed by atoms with van der Waals surface area (Å²) in [6.45, 7) is 9.69. The van der Waals surface area contributed by atoms with Crippen molar-refractivity contribution in [1.29, 1.82) is 0 Å². The third kappa shape index (κ3) is 3.87. The number of hydrogen-bond donors (Lipinski definition) is 2. The number of anilines is 1. The summed E-state index contributed by atoms with van der Waals surface area (Å²) in [5.41, 5.74) is 4.36. The molecule has 3 rings (SSSR count). The van der Waals surface area contributed by atoms with Crippen LogP contribution in [-0.2, 0) is 9.59 Å². The van der Waals surface area contributed by atoms with E-state index in [1.54, 1.807) is 4.90 Å². The van der Waals surface area contributed by atoms with E-state index in [2.05, 4.69) is 36.6 Å². The maximum Gasteiger partial charge on any atom is 0.227 e. The van der Waals surface area contributed by atoms with E-state index < -0.39 is 0 Å². The number of nitrogens with one attached hydrogen (secondary N) is 2. The minimum atomic E-state index is -0.252. The smallest absolute Gasteiger partial charge is 0.227 e. The second-order valence-corrected chi connectivity index (χ2v) is 7.74. The van der Waals surface area contributed by atoms with E-state index in [9.17, 15) is 9.59 Å². The Bertz CT molecular complexity index is 663. The molecule has 2 fully saturated rings. The van der Waals surface area contributed by atoms with Gasteiger partial charge in [0.2, 0.25) is 11.8 Å². The van der Waals surface area contributed by atoms with Crippen molar-refractivity contribution in [3.8, 4) is 0 Å². The standard InChI is InChI=1S/C20H29N3O2/c1-12-7-13(2)19(14(3)8-12)23-11-16(10-18(23)24)20(25)22-17-5-6-21-15(4)9-17/h7-8,15-17,21H,5-6,9-11H2,1-4H3,(H,22,25). The summed E-state index contributed by atoms with van der Waals surface area (Å²) in [4.78, 5) is 27.0. The van der Waals surface area contributed by atoms with E-state index >= 15 is 0 Å². The van der Waals surface area contributed by atoms with Crippen LogP contribution in [0.25, 0.3) is 0 Å². The molecule has 1 aromatic carbocycles. The largest absolute Gasteiger partial charge is 0.353 e. The summed E-state index contributed by atoms with van der Waals surface area (Å²) in [6.07, 6.45) is 2.21. The third-order valence-corrected chi connectivity index (χ3v) is 5.37. The summed E-state index contributed by atoms with van der Waals surface area (Å²) in [5.74, 6) is -0.177. The van der Waals surface area contributed by atoms with E-state index in [0.717, 1.165) is 36.2 Å². The fraction of sp³-hybridized carbons (Fsp3) is 0.600. The van der Waals surface area contributed by atoms with Crippen LogP contribution in [0.2, 0.25) is 0 Å². The second-order valence-electron chi connectivity index (χ2n) is 7.74. The van der Waals surface area contributed by atoms with Gasteiger partial charge in [-0.1, -0.05) is 17.7 Å². The number of piperidine rings is 1. The Labute approximate surface area is 150 Å². The lowest BCUT2D eigenvalue weighted by atomic mass is 9.99. The zero-order valence-corrected chi connectivity index (χ0v) is 15.7. The molecule has 3 unspecified atom stereocenters. The molecule has 0 aliphatic carbocycles. The fourth-order valence-corrected chi connectivity index (χ4v) is 4.28. The molecule has 136 valence electrons. The molecule has 1 aromatic rings. The molecule has 2 saturated heterocycles. The Morgan fingerprint density at radius 3 is 2.56 bits per heavy atom. The van der Waals surface area contributed by atoms with E-state index in [1.807, 2.05) is 13.8 Å². The molecule has 2 heterocycles. The quantitative estimate of drug-likeness (QED) is 0.885. The SMILES string of the molecule is Cc1cc(C)c(N2CC(C(=O)NC3CCNC(C)C3)CC2=O)c(C)c1. The molecule has 0 bridgehead atoms. The molecule has 0 aromatic heterocycles. The summed E-state index contributed by atoms with van der Waals surface area (Å²) in [6, 6.07) is 4.84. The van der Waals surface area contributed by atoms with Gasteiger partial charge >= 0.3 is 0 Å². The van der Waals surface area contributed by atoms with Gasteiger partial charge in [0.15, 0.2) is 0 Å². The van der Waals surface area contributed by atoms with Gasteiger partial charge in [0.1, 0.15) is 0 Å². The van der Waals surface area contributed by atoms with Crippen molar-refractivity contribution in [1.82, 2.24) is 10.6 Å². The average Bonchev–Trinajstić information content (AvgIpc) is 2.88. The van der Waals surface area contributed by atoms with Crippen molar-refractivity contribution < 1.29 is 9.59 Å². The predicted octanol–water partition coefficient (Wildman–Crippen LogP) is 2.22. The highest BCUT2D eigenvalue weighted by Crippen LogP contribution is 2.32. The summed E-state index contributed by atoms with van der Waals surface area (Å²) in [7, 11) is 0. The minimum Gasteiger partial charge on any atom is -0.353 e. The predicted molar refractivity (Wildman–Crippen MR) is 99.7 cm³/mol. The summed E-state index contributed by atoms with van der Waals surface area (Å²) >= 11 is 0. The molecule has 5 heteroatoms. The van der Waals surface area contributed by atoms with Crippen molar-refractivity contribution in [3.63, 3.8) is 0 Å². The van der Waals surface area contributed by atoms with Crippen molar-refractivity contribution in [2.75, 3.05) is 18.0 Å². The second kappa shape index (κ2) is 7.16. The Morgan fingerprint density at radius 2 is 1.92 bits per heavy atom. The summed E-state index contributed by atoms with van der Waals surface area (Å²) < 4.78 is 0. The van der Waals surface area contributed by atoms with Gasteiger partial charge in [-0.15, -0.1) is 0 Å². The first-order chi connectivity index (χ1) is 11.8. The van der Waals surface area contributed by atoms with Gasteiger partial charge in [0.05, 0.1) is 5.92 Å². The summed E-state index contributed by atoms with van der Waals surface area (Å²) in [5, 5.41) is 6.56. The van der Waals surface area contributed by atoms with Gasteiger partial charge < -0.3 is 15.5 Å². The molecule has 2 aliphatic heterocycles. The highest BCUT2D eigenvalue weighted by atomic mass is 16.2. The number of rotatable bonds is 3. The van der Waals surface area contributed by atoms with Gasteiger partial charge in [-0.3, -0.25) is 9.59 Å². The van der Waals surface area contributed by atoms with Gasteiger partial charge in [0.25, 0.3) is 0 Å². The van der Waals surface area contributed by atoms with Crippen LogP contribution >= 0.6 is 0 Å². The number of hydrogen-bond acceptors (Lipinski definition) is 3. The van der Waals surface area contributed by atoms with Crippen molar-refractivity contribution in [3.05, 3.63) is 28.8 Å². The highest BCUT2D eigenvalue weighted by Gasteiger charge is 2.37. The average molecular weight is 343 g/mol. The fourth-order valence-electron chi connectivity index (χ4n) is 4.28. The molecule has 2 N–H and O–H groups in total. The molecule has 25 heavy (non-hydrogen) atoms. The van der Waals surface area contributed by atoms with Gasteiger partial charge in [0, 0.05) is 30.7 Å². The lowest BCUT2D eigenvalue weighted by Gasteiger charge is -2.29. The van der Waals surface area contributed by atoms with E-state index in [1.165, 1.54) is 5.56 Å². The molecular weight excluding hydrogens is 314 g/mol. The topological polar surface area (TPSA) is 61.4 Å². The van der Waals surface area contributed by atoms with Gasteiger partial charge in [-0.25, -0.2) is 0 Å². The van der Waals surface area contributed by atoms with E-state index in [-0.39, 0.29) is 23.8 Å². The van der Waals surface area contributed by atoms with Crippen LogP contribution in [-0.4, -0.2) is 37.0 Å². The maximum absolute atomic E-state index is 12.7. The zero-order valence-electron chi connectivity index (χ0n) is 15.7. The molecule has 2 amide bonds. The van der Waals surface area contributed by atoms with Crippen LogP contribution in [0.1, 0.15) is 42.9 Å². The zero-order chi connectivity index (χ0) is 18.1. The third-order valence-electron chi connectivity index (χ3n) is 5.37. The van der Waals surface area contributed by atoms with Crippen molar-refractivity contribution in [2.45, 2.75) is 59.0 Å². The van der Waals surface area contributed by atoms with Crippen LogP contribution in [0.4, 0.5) is 5.69 Å². The monoisotopic (exact) mass is 343 g/mol. The first-order valence-electron chi connectivity index (χ1n) is 9.27. The molecular formula is C20H29N3O2. The Morgan fingerprint density at radius 1 is 1.24 bits per heavy atom. The molecule has 0 radical (unpaired) electrons. The highest BCUT2D eigenvalue weighted by molar-refractivity contribution is 6.01. The van der Waals surface area contributed by atoms with Gasteiger partial charge in [-0.2, -0.15) is 0 Å². The number of nitrogens with zero attached hydrogens (tertiary/aromatic N) is 1. The number of aryl methyl sites for hydroxylation is 3. The van der Waals surface area contributed by atoms with E-state index in [0.29, 0.717) is 19.0 Å². The number of carbonyl (C=O) groups is 2. The first-order valence-corrected chi connectivity index (χ1v) is 9.27. The number of benzene rings is 1. The van der Waals surface area contributed by atoms with E-state index in [4.69, 9.17) is 0 Å². The normalized spacial score (nSPS) is 26.8. The van der Waals surface area contributed by atoms with Crippen LogP contribution in [0, 0.1) is 26.7 Å². The van der Waals surface area contributed by atoms with Crippen LogP contribution in [0.5, 0.6) is 0 Å². The maximum atomic E-state index is 12.7. The van der Waals surface area contributed by atoms with Crippen LogP contribution in [0.3, 0.4) is 0 Å². The van der Waals surface area contributed by atoms with Crippen LogP contribution in [0.15, 0.2) is 12.1 Å². The van der Waals surface area contributed by atoms with Gasteiger partial charge in [-0.05, 0) is 58.2 Å². The van der Waals surface area contributed by atoms with Crippen LogP contribution < -0.4 is 15.5 Å². The lowest BCUT2D eigenvalue weighted by Crippen LogP contribution is -2.48. The van der Waals surface area contributed by atoms with Crippen molar-refractivity contribution >= 4 is 17.5 Å². The molecule has 5 nitrogen and oxygen atoms in total. The Hall–Kier alpha value is -1.88.